The first-order valence-electron chi connectivity index (χ1n) is 5.24. The first-order valence-corrected chi connectivity index (χ1v) is 5.24. The van der Waals surface area contributed by atoms with E-state index >= 15 is 0 Å². The first-order chi connectivity index (χ1) is 7.54. The Morgan fingerprint density at radius 2 is 2.19 bits per heavy atom. The number of rotatable bonds is 3. The van der Waals surface area contributed by atoms with Crippen molar-refractivity contribution in [3.05, 3.63) is 30.2 Å². The number of carbonyl (C=O) groups excluding carboxylic acids is 1. The molecule has 2 aromatic rings. The molecule has 0 bridgehead atoms. The number of ketones is 1. The van der Waals surface area contributed by atoms with Crippen LogP contribution in [0.1, 0.15) is 31.0 Å². The monoisotopic (exact) mass is 218 g/mol. The summed E-state index contributed by atoms with van der Waals surface area (Å²) in [5.74, 6) is -0.167. The minimum absolute atomic E-state index is 0.0908. The van der Waals surface area contributed by atoms with Gasteiger partial charge in [0.2, 0.25) is 5.78 Å². The summed E-state index contributed by atoms with van der Waals surface area (Å²) in [4.78, 5) is 16.1. The third kappa shape index (κ3) is 1.72. The number of para-hydroxylation sites is 2. The maximum Gasteiger partial charge on any atom is 0.266 e. The maximum absolute atomic E-state index is 12.0. The van der Waals surface area contributed by atoms with E-state index in [1.165, 1.54) is 0 Å². The molecule has 1 aromatic heterocycles. The molecule has 0 aliphatic heterocycles. The summed E-state index contributed by atoms with van der Waals surface area (Å²) in [6, 6.07) is 7.26. The zero-order valence-corrected chi connectivity index (χ0v) is 9.36. The lowest BCUT2D eigenvalue weighted by atomic mass is 9.95. The van der Waals surface area contributed by atoms with Gasteiger partial charge in [0.1, 0.15) is 5.52 Å². The van der Waals surface area contributed by atoms with E-state index < -0.39 is 5.54 Å². The zero-order chi connectivity index (χ0) is 11.8. The van der Waals surface area contributed by atoms with Gasteiger partial charge in [-0.2, -0.15) is 0 Å². The van der Waals surface area contributed by atoms with Crippen LogP contribution in [-0.4, -0.2) is 16.3 Å². The zero-order valence-electron chi connectivity index (χ0n) is 9.36. The minimum Gasteiger partial charge on any atom is -0.434 e. The summed E-state index contributed by atoms with van der Waals surface area (Å²) >= 11 is 0. The lowest BCUT2D eigenvalue weighted by Crippen LogP contribution is -2.44. The standard InChI is InChI=1S/C12H14N2O2/c1-3-12(2,13)10(15)11-14-8-6-4-5-7-9(8)16-11/h4-7H,3,13H2,1-2H3/t12-/m0/s1. The van der Waals surface area contributed by atoms with Crippen molar-refractivity contribution in [2.75, 3.05) is 0 Å². The Morgan fingerprint density at radius 1 is 1.50 bits per heavy atom. The van der Waals surface area contributed by atoms with Crippen molar-refractivity contribution < 1.29 is 9.21 Å². The Kier molecular flexibility index (Phi) is 2.52. The molecule has 4 nitrogen and oxygen atoms in total. The highest BCUT2D eigenvalue weighted by atomic mass is 16.4. The van der Waals surface area contributed by atoms with Crippen molar-refractivity contribution in [2.24, 2.45) is 5.73 Å². The molecule has 0 saturated heterocycles. The molecule has 4 heteroatoms. The predicted octanol–water partition coefficient (Wildman–Crippen LogP) is 2.14. The molecule has 0 aliphatic rings. The molecule has 1 aromatic carbocycles. The highest BCUT2D eigenvalue weighted by Crippen LogP contribution is 2.19. The van der Waals surface area contributed by atoms with Gasteiger partial charge in [-0.1, -0.05) is 19.1 Å². The average molecular weight is 218 g/mol. The molecule has 0 spiro atoms. The van der Waals surface area contributed by atoms with Crippen LogP contribution in [0.15, 0.2) is 28.7 Å². The summed E-state index contributed by atoms with van der Waals surface area (Å²) in [5.41, 5.74) is 6.24. The molecule has 16 heavy (non-hydrogen) atoms. The molecule has 2 rings (SSSR count). The van der Waals surface area contributed by atoms with Gasteiger partial charge < -0.3 is 10.2 Å². The quantitative estimate of drug-likeness (QED) is 0.801. The van der Waals surface area contributed by atoms with Gasteiger partial charge in [-0.3, -0.25) is 4.79 Å². The second kappa shape index (κ2) is 3.72. The summed E-state index contributed by atoms with van der Waals surface area (Å²) in [6.45, 7) is 3.55. The molecule has 0 amide bonds. The summed E-state index contributed by atoms with van der Waals surface area (Å²) in [5, 5.41) is 0. The van der Waals surface area contributed by atoms with Gasteiger partial charge in [-0.05, 0) is 25.5 Å². The molecule has 1 heterocycles. The number of oxazole rings is 1. The van der Waals surface area contributed by atoms with Gasteiger partial charge in [0.05, 0.1) is 5.54 Å². The van der Waals surface area contributed by atoms with Gasteiger partial charge in [-0.25, -0.2) is 4.98 Å². The number of nitrogens with zero attached hydrogens (tertiary/aromatic N) is 1. The molecule has 0 aliphatic carbocycles. The van der Waals surface area contributed by atoms with Gasteiger partial charge in [0, 0.05) is 0 Å². The second-order valence-corrected chi connectivity index (χ2v) is 4.09. The number of hydrogen-bond acceptors (Lipinski definition) is 4. The molecule has 0 unspecified atom stereocenters. The van der Waals surface area contributed by atoms with Crippen LogP contribution in [0.25, 0.3) is 11.1 Å². The minimum atomic E-state index is -0.916. The third-order valence-corrected chi connectivity index (χ3v) is 2.74. The van der Waals surface area contributed by atoms with E-state index in [4.69, 9.17) is 10.2 Å². The largest absolute Gasteiger partial charge is 0.434 e. The molecule has 0 fully saturated rings. The fraction of sp³-hybridized carbons (Fsp3) is 0.333. The Hall–Kier alpha value is -1.68. The smallest absolute Gasteiger partial charge is 0.266 e. The number of benzene rings is 1. The van der Waals surface area contributed by atoms with E-state index in [0.717, 1.165) is 0 Å². The van der Waals surface area contributed by atoms with Crippen LogP contribution in [0.5, 0.6) is 0 Å². The third-order valence-electron chi connectivity index (χ3n) is 2.74. The SMILES string of the molecule is CC[C@](C)(N)C(=O)c1nc2ccccc2o1. The van der Waals surface area contributed by atoms with Crippen molar-refractivity contribution in [1.82, 2.24) is 4.98 Å². The van der Waals surface area contributed by atoms with Crippen LogP contribution in [0.4, 0.5) is 0 Å². The van der Waals surface area contributed by atoms with Crippen LogP contribution >= 0.6 is 0 Å². The molecule has 1 atom stereocenters. The number of carbonyl (C=O) groups is 1. The number of hydrogen-bond donors (Lipinski definition) is 1. The van der Waals surface area contributed by atoms with E-state index in [2.05, 4.69) is 4.98 Å². The highest BCUT2D eigenvalue weighted by molar-refractivity contribution is 6.00. The van der Waals surface area contributed by atoms with Gasteiger partial charge in [-0.15, -0.1) is 0 Å². The van der Waals surface area contributed by atoms with Crippen molar-refractivity contribution in [3.63, 3.8) is 0 Å². The predicted molar refractivity (Wildman–Crippen MR) is 61.2 cm³/mol. The van der Waals surface area contributed by atoms with Gasteiger partial charge in [0.25, 0.3) is 5.89 Å². The topological polar surface area (TPSA) is 69.1 Å². The molecule has 84 valence electrons. The number of Topliss-reactive ketones (excluding diaryl/α,β-unsaturated/α-hetero) is 1. The number of fused-ring (bicyclic) bond motifs is 1. The van der Waals surface area contributed by atoms with E-state index in [1.807, 2.05) is 19.1 Å². The van der Waals surface area contributed by atoms with Crippen molar-refractivity contribution in [1.29, 1.82) is 0 Å². The molecular formula is C12H14N2O2. The van der Waals surface area contributed by atoms with Crippen LogP contribution in [0.2, 0.25) is 0 Å². The Balaban J connectivity index is 2.45. The Labute approximate surface area is 93.5 Å². The number of aromatic nitrogens is 1. The van der Waals surface area contributed by atoms with Crippen molar-refractivity contribution in [3.8, 4) is 0 Å². The number of nitrogens with two attached hydrogens (primary N) is 1. The van der Waals surface area contributed by atoms with Crippen LogP contribution in [-0.2, 0) is 0 Å². The van der Waals surface area contributed by atoms with Crippen molar-refractivity contribution >= 4 is 16.9 Å². The van der Waals surface area contributed by atoms with Gasteiger partial charge in [0.15, 0.2) is 5.58 Å². The fourth-order valence-electron chi connectivity index (χ4n) is 1.37. The summed E-state index contributed by atoms with van der Waals surface area (Å²) in [7, 11) is 0. The summed E-state index contributed by atoms with van der Waals surface area (Å²) in [6.07, 6.45) is 0.546. The summed E-state index contributed by atoms with van der Waals surface area (Å²) < 4.78 is 5.38. The van der Waals surface area contributed by atoms with E-state index in [0.29, 0.717) is 17.5 Å². The highest BCUT2D eigenvalue weighted by Gasteiger charge is 2.31. The maximum atomic E-state index is 12.0. The van der Waals surface area contributed by atoms with E-state index in [9.17, 15) is 4.79 Å². The second-order valence-electron chi connectivity index (χ2n) is 4.09. The van der Waals surface area contributed by atoms with Crippen LogP contribution in [0.3, 0.4) is 0 Å². The fourth-order valence-corrected chi connectivity index (χ4v) is 1.37. The average Bonchev–Trinajstić information content (AvgIpc) is 2.71. The van der Waals surface area contributed by atoms with E-state index in [-0.39, 0.29) is 11.7 Å². The van der Waals surface area contributed by atoms with Crippen LogP contribution < -0.4 is 5.73 Å². The van der Waals surface area contributed by atoms with E-state index in [1.54, 1.807) is 19.1 Å². The Morgan fingerprint density at radius 3 is 2.81 bits per heavy atom. The molecule has 0 saturated carbocycles. The Bertz CT molecular complexity index is 496. The lowest BCUT2D eigenvalue weighted by Gasteiger charge is -2.18. The van der Waals surface area contributed by atoms with Crippen LogP contribution in [0, 0.1) is 0 Å². The van der Waals surface area contributed by atoms with Gasteiger partial charge >= 0.3 is 0 Å². The molecule has 0 radical (unpaired) electrons. The lowest BCUT2D eigenvalue weighted by molar-refractivity contribution is 0.0864. The molecular weight excluding hydrogens is 204 g/mol. The normalized spacial score (nSPS) is 14.9. The molecule has 2 N–H and O–H groups in total. The first kappa shape index (κ1) is 10.8. The van der Waals surface area contributed by atoms with Crippen molar-refractivity contribution in [2.45, 2.75) is 25.8 Å².